The van der Waals surface area contributed by atoms with E-state index < -0.39 is 10.0 Å². The number of likely N-dealkylation sites (N-methyl/N-ethyl adjacent to an activating group) is 1. The van der Waals surface area contributed by atoms with Crippen LogP contribution in [0, 0.1) is 6.92 Å². The van der Waals surface area contributed by atoms with E-state index in [1.54, 1.807) is 6.07 Å². The molecule has 1 aliphatic rings. The molecule has 0 atom stereocenters. The Morgan fingerprint density at radius 1 is 1.44 bits per heavy atom. The molecule has 0 amide bonds. The van der Waals surface area contributed by atoms with Gasteiger partial charge in [-0.3, -0.25) is 0 Å². The molecule has 0 radical (unpaired) electrons. The fourth-order valence-corrected chi connectivity index (χ4v) is 3.59. The number of rotatable bonds is 1. The maximum absolute atomic E-state index is 12.3. The summed E-state index contributed by atoms with van der Waals surface area (Å²) >= 11 is 0. The number of nitrogens with one attached hydrogen (secondary N) is 1. The number of benzene rings is 1. The van der Waals surface area contributed by atoms with Crippen LogP contribution in [-0.4, -0.2) is 32.4 Å². The highest BCUT2D eigenvalue weighted by Crippen LogP contribution is 2.27. The Hall–Kier alpha value is -1.07. The molecule has 5 heteroatoms. The van der Waals surface area contributed by atoms with Crippen LogP contribution < -0.4 is 5.32 Å². The molecule has 0 fully saturated rings. The van der Waals surface area contributed by atoms with Crippen molar-refractivity contribution in [1.82, 2.24) is 4.31 Å². The Morgan fingerprint density at radius 3 is 2.88 bits per heavy atom. The first kappa shape index (κ1) is 11.4. The molecular formula is C11H16N2O2S. The third-order valence-electron chi connectivity index (χ3n) is 2.78. The van der Waals surface area contributed by atoms with E-state index in [9.17, 15) is 8.42 Å². The number of sulfonamides is 1. The Bertz CT molecular complexity index is 497. The van der Waals surface area contributed by atoms with Crippen LogP contribution in [0.2, 0.25) is 0 Å². The SMILES string of the molecule is CCN1CCNc2ccc(C)cc2S1(=O)=O. The van der Waals surface area contributed by atoms with Gasteiger partial charge in [0.1, 0.15) is 4.90 Å². The fraction of sp³-hybridized carbons (Fsp3) is 0.455. The molecule has 16 heavy (non-hydrogen) atoms. The Kier molecular flexibility index (Phi) is 2.90. The molecule has 0 bridgehead atoms. The average Bonchev–Trinajstić information content (AvgIpc) is 2.36. The molecule has 0 aromatic heterocycles. The van der Waals surface area contributed by atoms with E-state index in [0.717, 1.165) is 5.56 Å². The van der Waals surface area contributed by atoms with Crippen LogP contribution in [0.15, 0.2) is 23.1 Å². The predicted octanol–water partition coefficient (Wildman–Crippen LogP) is 1.43. The number of hydrogen-bond donors (Lipinski definition) is 1. The van der Waals surface area contributed by atoms with Gasteiger partial charge in [0.25, 0.3) is 0 Å². The Morgan fingerprint density at radius 2 is 2.19 bits per heavy atom. The van der Waals surface area contributed by atoms with Crippen LogP contribution in [0.3, 0.4) is 0 Å². The Labute approximate surface area is 96.3 Å². The van der Waals surface area contributed by atoms with Crippen molar-refractivity contribution >= 4 is 15.7 Å². The third kappa shape index (κ3) is 1.81. The second-order valence-corrected chi connectivity index (χ2v) is 5.83. The van der Waals surface area contributed by atoms with Crippen molar-refractivity contribution in [3.05, 3.63) is 23.8 Å². The smallest absolute Gasteiger partial charge is 0.245 e. The summed E-state index contributed by atoms with van der Waals surface area (Å²) in [7, 11) is -3.32. The van der Waals surface area contributed by atoms with Gasteiger partial charge in [-0.25, -0.2) is 8.42 Å². The van der Waals surface area contributed by atoms with Gasteiger partial charge in [-0.05, 0) is 24.6 Å². The van der Waals surface area contributed by atoms with Crippen molar-refractivity contribution in [3.63, 3.8) is 0 Å². The topological polar surface area (TPSA) is 49.4 Å². The van der Waals surface area contributed by atoms with Crippen LogP contribution >= 0.6 is 0 Å². The minimum Gasteiger partial charge on any atom is -0.383 e. The van der Waals surface area contributed by atoms with E-state index >= 15 is 0 Å². The van der Waals surface area contributed by atoms with Crippen LogP contribution in [0.1, 0.15) is 12.5 Å². The van der Waals surface area contributed by atoms with Gasteiger partial charge < -0.3 is 5.32 Å². The lowest BCUT2D eigenvalue weighted by molar-refractivity contribution is 0.443. The van der Waals surface area contributed by atoms with Crippen molar-refractivity contribution < 1.29 is 8.42 Å². The first-order valence-corrected chi connectivity index (χ1v) is 6.84. The van der Waals surface area contributed by atoms with Gasteiger partial charge in [-0.2, -0.15) is 4.31 Å². The fourth-order valence-electron chi connectivity index (χ4n) is 1.89. The molecule has 0 spiro atoms. The van der Waals surface area contributed by atoms with Gasteiger partial charge >= 0.3 is 0 Å². The quantitative estimate of drug-likeness (QED) is 0.808. The van der Waals surface area contributed by atoms with Gasteiger partial charge in [0.05, 0.1) is 5.69 Å². The number of aryl methyl sites for hydroxylation is 1. The highest BCUT2D eigenvalue weighted by Gasteiger charge is 2.28. The van der Waals surface area contributed by atoms with E-state index in [1.165, 1.54) is 4.31 Å². The minimum absolute atomic E-state index is 0.395. The van der Waals surface area contributed by atoms with Crippen molar-refractivity contribution in [2.24, 2.45) is 0 Å². The van der Waals surface area contributed by atoms with E-state index in [-0.39, 0.29) is 0 Å². The monoisotopic (exact) mass is 240 g/mol. The first-order chi connectivity index (χ1) is 7.55. The Balaban J connectivity index is 2.61. The summed E-state index contributed by atoms with van der Waals surface area (Å²) in [6, 6.07) is 5.48. The molecule has 1 N–H and O–H groups in total. The molecule has 0 saturated carbocycles. The lowest BCUT2D eigenvalue weighted by Crippen LogP contribution is -2.32. The molecule has 1 aromatic rings. The largest absolute Gasteiger partial charge is 0.383 e. The lowest BCUT2D eigenvalue weighted by atomic mass is 10.2. The van der Waals surface area contributed by atoms with Gasteiger partial charge in [0.2, 0.25) is 10.0 Å². The average molecular weight is 240 g/mol. The molecule has 1 heterocycles. The van der Waals surface area contributed by atoms with E-state index in [1.807, 2.05) is 26.0 Å². The van der Waals surface area contributed by atoms with Crippen LogP contribution in [0.4, 0.5) is 5.69 Å². The summed E-state index contributed by atoms with van der Waals surface area (Å²) < 4.78 is 26.1. The van der Waals surface area contributed by atoms with Gasteiger partial charge in [0.15, 0.2) is 0 Å². The highest BCUT2D eigenvalue weighted by molar-refractivity contribution is 7.89. The number of fused-ring (bicyclic) bond motifs is 1. The zero-order valence-corrected chi connectivity index (χ0v) is 10.3. The zero-order valence-electron chi connectivity index (χ0n) is 9.53. The van der Waals surface area contributed by atoms with E-state index in [2.05, 4.69) is 5.32 Å². The second kappa shape index (κ2) is 4.07. The van der Waals surface area contributed by atoms with Gasteiger partial charge in [0, 0.05) is 19.6 Å². The highest BCUT2D eigenvalue weighted by atomic mass is 32.2. The van der Waals surface area contributed by atoms with Gasteiger partial charge in [-0.1, -0.05) is 13.0 Å². The predicted molar refractivity (Wildman–Crippen MR) is 64.1 cm³/mol. The third-order valence-corrected chi connectivity index (χ3v) is 4.80. The van der Waals surface area contributed by atoms with Crippen molar-refractivity contribution in [2.75, 3.05) is 25.0 Å². The van der Waals surface area contributed by atoms with Crippen LogP contribution in [0.25, 0.3) is 0 Å². The number of hydrogen-bond acceptors (Lipinski definition) is 3. The van der Waals surface area contributed by atoms with E-state index in [4.69, 9.17) is 0 Å². The molecule has 4 nitrogen and oxygen atoms in total. The van der Waals surface area contributed by atoms with Gasteiger partial charge in [-0.15, -0.1) is 0 Å². The van der Waals surface area contributed by atoms with Crippen LogP contribution in [0.5, 0.6) is 0 Å². The molecule has 2 rings (SSSR count). The summed E-state index contributed by atoms with van der Waals surface area (Å²) in [6.07, 6.45) is 0. The second-order valence-electron chi connectivity index (χ2n) is 3.92. The molecule has 1 aromatic carbocycles. The summed E-state index contributed by atoms with van der Waals surface area (Å²) in [6.45, 7) is 5.45. The molecule has 0 unspecified atom stereocenters. The maximum Gasteiger partial charge on any atom is 0.245 e. The standard InChI is InChI=1S/C11H16N2O2S/c1-3-13-7-6-12-10-5-4-9(2)8-11(10)16(13,14)15/h4-5,8,12H,3,6-7H2,1-2H3. The van der Waals surface area contributed by atoms with Crippen molar-refractivity contribution in [1.29, 1.82) is 0 Å². The van der Waals surface area contributed by atoms with Crippen molar-refractivity contribution in [2.45, 2.75) is 18.7 Å². The molecule has 0 aliphatic carbocycles. The summed E-state index contributed by atoms with van der Waals surface area (Å²) in [5, 5.41) is 3.15. The number of nitrogens with zero attached hydrogens (tertiary/aromatic N) is 1. The summed E-state index contributed by atoms with van der Waals surface area (Å²) in [4.78, 5) is 0.395. The summed E-state index contributed by atoms with van der Waals surface area (Å²) in [5.41, 5.74) is 1.67. The first-order valence-electron chi connectivity index (χ1n) is 5.40. The normalized spacial score (nSPS) is 19.6. The maximum atomic E-state index is 12.3. The lowest BCUT2D eigenvalue weighted by Gasteiger charge is -2.17. The minimum atomic E-state index is -3.32. The van der Waals surface area contributed by atoms with E-state index in [0.29, 0.717) is 30.2 Å². The molecule has 88 valence electrons. The molecule has 1 aliphatic heterocycles. The zero-order chi connectivity index (χ0) is 11.8. The summed E-state index contributed by atoms with van der Waals surface area (Å²) in [5.74, 6) is 0. The number of anilines is 1. The molecular weight excluding hydrogens is 224 g/mol. The van der Waals surface area contributed by atoms with Crippen LogP contribution in [-0.2, 0) is 10.0 Å². The van der Waals surface area contributed by atoms with Crippen molar-refractivity contribution in [3.8, 4) is 0 Å². The molecule has 0 saturated heterocycles.